The summed E-state index contributed by atoms with van der Waals surface area (Å²) in [6, 6.07) is 17.1. The maximum absolute atomic E-state index is 12.4. The van der Waals surface area contributed by atoms with Gasteiger partial charge in [0.25, 0.3) is 0 Å². The summed E-state index contributed by atoms with van der Waals surface area (Å²) in [4.78, 5) is 16.7. The van der Waals surface area contributed by atoms with Crippen molar-refractivity contribution < 1.29 is 4.79 Å². The molecule has 0 radical (unpaired) electrons. The molecule has 4 heteroatoms. The molecule has 1 saturated heterocycles. The molecule has 0 saturated carbocycles. The van der Waals surface area contributed by atoms with Crippen molar-refractivity contribution in [3.05, 3.63) is 65.2 Å². The Morgan fingerprint density at radius 1 is 0.962 bits per heavy atom. The van der Waals surface area contributed by atoms with E-state index in [0.29, 0.717) is 12.5 Å². The van der Waals surface area contributed by atoms with Gasteiger partial charge >= 0.3 is 6.03 Å². The predicted octanol–water partition coefficient (Wildman–Crippen LogP) is 4.15. The average Bonchev–Trinajstić information content (AvgIpc) is 2.67. The number of nitrogens with one attached hydrogen (secondary N) is 1. The van der Waals surface area contributed by atoms with E-state index in [1.165, 1.54) is 16.8 Å². The van der Waals surface area contributed by atoms with Crippen molar-refractivity contribution in [2.45, 2.75) is 33.2 Å². The molecule has 138 valence electrons. The molecule has 0 atom stereocenters. The minimum Gasteiger partial charge on any atom is -0.368 e. The number of anilines is 1. The molecule has 0 bridgehead atoms. The van der Waals surface area contributed by atoms with E-state index in [2.05, 4.69) is 79.5 Å². The summed E-state index contributed by atoms with van der Waals surface area (Å²) in [5, 5.41) is 3.03. The first-order valence-electron chi connectivity index (χ1n) is 9.46. The monoisotopic (exact) mass is 351 g/mol. The van der Waals surface area contributed by atoms with Gasteiger partial charge in [-0.25, -0.2) is 4.79 Å². The van der Waals surface area contributed by atoms with Crippen molar-refractivity contribution in [1.82, 2.24) is 10.2 Å². The van der Waals surface area contributed by atoms with Crippen LogP contribution in [0.5, 0.6) is 0 Å². The lowest BCUT2D eigenvalue weighted by Gasteiger charge is -2.36. The van der Waals surface area contributed by atoms with Gasteiger partial charge in [-0.15, -0.1) is 0 Å². The minimum absolute atomic E-state index is 0.0281. The SMILES string of the molecule is Cc1ccc(CNC(=O)N2CCN(c3ccc(C(C)C)cc3)CC2)cc1. The molecule has 3 rings (SSSR count). The summed E-state index contributed by atoms with van der Waals surface area (Å²) in [7, 11) is 0. The molecule has 0 unspecified atom stereocenters. The van der Waals surface area contributed by atoms with Crippen LogP contribution in [0.3, 0.4) is 0 Å². The van der Waals surface area contributed by atoms with E-state index in [-0.39, 0.29) is 6.03 Å². The summed E-state index contributed by atoms with van der Waals surface area (Å²) in [6.45, 7) is 10.3. The lowest BCUT2D eigenvalue weighted by atomic mass is 10.0. The molecule has 0 aliphatic carbocycles. The number of hydrogen-bond acceptors (Lipinski definition) is 2. The summed E-state index contributed by atoms with van der Waals surface area (Å²) in [5.41, 5.74) is 4.97. The van der Waals surface area contributed by atoms with Crippen LogP contribution in [0.15, 0.2) is 48.5 Å². The fraction of sp³-hybridized carbons (Fsp3) is 0.409. The quantitative estimate of drug-likeness (QED) is 0.898. The molecular formula is C22H29N3O. The standard InChI is InChI=1S/C22H29N3O/c1-17(2)20-8-10-21(11-9-20)24-12-14-25(15-13-24)22(26)23-16-19-6-4-18(3)5-7-19/h4-11,17H,12-16H2,1-3H3,(H,23,26). The van der Waals surface area contributed by atoms with Crippen LogP contribution in [0.1, 0.15) is 36.5 Å². The van der Waals surface area contributed by atoms with Gasteiger partial charge in [-0.2, -0.15) is 0 Å². The molecule has 0 spiro atoms. The molecule has 1 N–H and O–H groups in total. The normalized spacial score (nSPS) is 14.6. The second-order valence-electron chi connectivity index (χ2n) is 7.36. The fourth-order valence-corrected chi connectivity index (χ4v) is 3.23. The van der Waals surface area contributed by atoms with Crippen LogP contribution < -0.4 is 10.2 Å². The van der Waals surface area contributed by atoms with Gasteiger partial charge in [-0.1, -0.05) is 55.8 Å². The smallest absolute Gasteiger partial charge is 0.317 e. The summed E-state index contributed by atoms with van der Waals surface area (Å²) < 4.78 is 0. The number of piperazine rings is 1. The molecule has 2 amide bonds. The number of urea groups is 1. The summed E-state index contributed by atoms with van der Waals surface area (Å²) in [6.07, 6.45) is 0. The van der Waals surface area contributed by atoms with Gasteiger partial charge in [0.1, 0.15) is 0 Å². The number of nitrogens with zero attached hydrogens (tertiary/aromatic N) is 2. The molecule has 1 heterocycles. The first-order chi connectivity index (χ1) is 12.5. The lowest BCUT2D eigenvalue weighted by molar-refractivity contribution is 0.194. The first kappa shape index (κ1) is 18.3. The van der Waals surface area contributed by atoms with Crippen molar-refractivity contribution in [2.24, 2.45) is 0 Å². The maximum Gasteiger partial charge on any atom is 0.317 e. The Balaban J connectivity index is 1.48. The average molecular weight is 351 g/mol. The number of amides is 2. The van der Waals surface area contributed by atoms with Crippen molar-refractivity contribution >= 4 is 11.7 Å². The Labute approximate surface area is 156 Å². The zero-order valence-corrected chi connectivity index (χ0v) is 16.0. The number of rotatable bonds is 4. The molecular weight excluding hydrogens is 322 g/mol. The molecule has 1 aliphatic rings. The highest BCUT2D eigenvalue weighted by Crippen LogP contribution is 2.21. The van der Waals surface area contributed by atoms with Gasteiger partial charge < -0.3 is 15.1 Å². The van der Waals surface area contributed by atoms with E-state index in [1.807, 2.05) is 4.90 Å². The van der Waals surface area contributed by atoms with Crippen LogP contribution in [0.2, 0.25) is 0 Å². The molecule has 2 aromatic rings. The van der Waals surface area contributed by atoms with Crippen LogP contribution in [-0.2, 0) is 6.54 Å². The van der Waals surface area contributed by atoms with Crippen LogP contribution in [0, 0.1) is 6.92 Å². The van der Waals surface area contributed by atoms with E-state index in [1.54, 1.807) is 0 Å². The van der Waals surface area contributed by atoms with Gasteiger partial charge in [0.2, 0.25) is 0 Å². The van der Waals surface area contributed by atoms with E-state index < -0.39 is 0 Å². The molecule has 2 aromatic carbocycles. The van der Waals surface area contributed by atoms with E-state index in [0.717, 1.165) is 31.7 Å². The molecule has 0 aromatic heterocycles. The van der Waals surface area contributed by atoms with Gasteiger partial charge in [0.05, 0.1) is 0 Å². The summed E-state index contributed by atoms with van der Waals surface area (Å²) >= 11 is 0. The van der Waals surface area contributed by atoms with E-state index >= 15 is 0 Å². The van der Waals surface area contributed by atoms with Gasteiger partial charge in [-0.05, 0) is 36.1 Å². The Hall–Kier alpha value is -2.49. The van der Waals surface area contributed by atoms with Gasteiger partial charge in [0.15, 0.2) is 0 Å². The number of aryl methyl sites for hydroxylation is 1. The number of benzene rings is 2. The van der Waals surface area contributed by atoms with E-state index in [9.17, 15) is 4.79 Å². The van der Waals surface area contributed by atoms with Crippen LogP contribution in [0.25, 0.3) is 0 Å². The second kappa shape index (κ2) is 8.26. The molecule has 1 aliphatic heterocycles. The molecule has 4 nitrogen and oxygen atoms in total. The highest BCUT2D eigenvalue weighted by molar-refractivity contribution is 5.74. The lowest BCUT2D eigenvalue weighted by Crippen LogP contribution is -2.51. The van der Waals surface area contributed by atoms with Crippen LogP contribution in [0.4, 0.5) is 10.5 Å². The highest BCUT2D eigenvalue weighted by Gasteiger charge is 2.21. The van der Waals surface area contributed by atoms with Crippen molar-refractivity contribution in [3.8, 4) is 0 Å². The van der Waals surface area contributed by atoms with Crippen LogP contribution >= 0.6 is 0 Å². The Bertz CT molecular complexity index is 714. The number of hydrogen-bond donors (Lipinski definition) is 1. The topological polar surface area (TPSA) is 35.6 Å². The Kier molecular flexibility index (Phi) is 5.82. The Morgan fingerprint density at radius 2 is 1.58 bits per heavy atom. The zero-order chi connectivity index (χ0) is 18.5. The molecule has 1 fully saturated rings. The fourth-order valence-electron chi connectivity index (χ4n) is 3.23. The van der Waals surface area contributed by atoms with Crippen molar-refractivity contribution in [1.29, 1.82) is 0 Å². The van der Waals surface area contributed by atoms with Crippen molar-refractivity contribution in [2.75, 3.05) is 31.1 Å². The largest absolute Gasteiger partial charge is 0.368 e. The third-order valence-electron chi connectivity index (χ3n) is 5.06. The van der Waals surface area contributed by atoms with E-state index in [4.69, 9.17) is 0 Å². The highest BCUT2D eigenvalue weighted by atomic mass is 16.2. The third kappa shape index (κ3) is 4.57. The van der Waals surface area contributed by atoms with Gasteiger partial charge in [0, 0.05) is 38.4 Å². The van der Waals surface area contributed by atoms with Crippen molar-refractivity contribution in [3.63, 3.8) is 0 Å². The summed E-state index contributed by atoms with van der Waals surface area (Å²) in [5.74, 6) is 0.554. The molecule has 26 heavy (non-hydrogen) atoms. The minimum atomic E-state index is 0.0281. The second-order valence-corrected chi connectivity index (χ2v) is 7.36. The number of carbonyl (C=O) groups excluding carboxylic acids is 1. The maximum atomic E-state index is 12.4. The predicted molar refractivity (Wildman–Crippen MR) is 108 cm³/mol. The van der Waals surface area contributed by atoms with Crippen LogP contribution in [-0.4, -0.2) is 37.1 Å². The number of carbonyl (C=O) groups is 1. The van der Waals surface area contributed by atoms with Gasteiger partial charge in [-0.3, -0.25) is 0 Å². The third-order valence-corrected chi connectivity index (χ3v) is 5.06. The first-order valence-corrected chi connectivity index (χ1v) is 9.46. The Morgan fingerprint density at radius 3 is 2.15 bits per heavy atom. The zero-order valence-electron chi connectivity index (χ0n) is 16.0.